The first-order valence-corrected chi connectivity index (χ1v) is 9.28. The van der Waals surface area contributed by atoms with Crippen LogP contribution < -0.4 is 4.74 Å². The van der Waals surface area contributed by atoms with Crippen LogP contribution in [0.15, 0.2) is 54.6 Å². The number of likely N-dealkylation sites (N-methyl/N-ethyl adjacent to an activating group) is 1. The highest BCUT2D eigenvalue weighted by Gasteiger charge is 2.28. The molecule has 1 aliphatic rings. The predicted octanol–water partition coefficient (Wildman–Crippen LogP) is 3.17. The maximum absolute atomic E-state index is 12.7. The maximum atomic E-state index is 12.7. The lowest BCUT2D eigenvalue weighted by molar-refractivity contribution is -0.134. The van der Waals surface area contributed by atoms with Crippen LogP contribution in [0.25, 0.3) is 0 Å². The topological polar surface area (TPSA) is 49.9 Å². The van der Waals surface area contributed by atoms with Gasteiger partial charge < -0.3 is 9.64 Å². The van der Waals surface area contributed by atoms with Crippen LogP contribution in [0, 0.1) is 0 Å². The Morgan fingerprint density at radius 1 is 1.04 bits per heavy atom. The first kappa shape index (κ1) is 19.1. The van der Waals surface area contributed by atoms with E-state index in [1.165, 1.54) is 5.56 Å². The van der Waals surface area contributed by atoms with Gasteiger partial charge in [0.15, 0.2) is 5.78 Å². The van der Waals surface area contributed by atoms with E-state index in [1.807, 2.05) is 23.1 Å². The van der Waals surface area contributed by atoms with Crippen molar-refractivity contribution in [1.82, 2.24) is 9.80 Å². The quantitative estimate of drug-likeness (QED) is 0.737. The molecule has 2 aromatic rings. The zero-order chi connectivity index (χ0) is 19.2. The van der Waals surface area contributed by atoms with E-state index in [0.717, 1.165) is 6.54 Å². The van der Waals surface area contributed by atoms with E-state index < -0.39 is 0 Å². The molecular weight excluding hydrogens is 340 g/mol. The smallest absolute Gasteiger partial charge is 0.223 e. The molecular formula is C22H26N2O3. The first-order valence-electron chi connectivity index (χ1n) is 9.28. The summed E-state index contributed by atoms with van der Waals surface area (Å²) in [6.07, 6.45) is 0.454. The molecule has 0 bridgehead atoms. The number of carbonyl (C=O) groups is 2. The Kier molecular flexibility index (Phi) is 6.24. The molecule has 0 aliphatic carbocycles. The van der Waals surface area contributed by atoms with E-state index >= 15 is 0 Å². The van der Waals surface area contributed by atoms with Gasteiger partial charge in [-0.05, 0) is 24.7 Å². The molecule has 0 spiro atoms. The average molecular weight is 366 g/mol. The first-order chi connectivity index (χ1) is 13.1. The number of piperazine rings is 1. The standard InChI is InChI=1S/C22H26N2O3/c1-23-13-14-24(16-20(23)17-7-4-3-5-8-17)22(26)12-11-21(25)18-9-6-10-19(15-18)27-2/h3-10,15,20H,11-14,16H2,1-2H3. The van der Waals surface area contributed by atoms with Crippen LogP contribution >= 0.6 is 0 Å². The van der Waals surface area contributed by atoms with Gasteiger partial charge in [-0.15, -0.1) is 0 Å². The summed E-state index contributed by atoms with van der Waals surface area (Å²) in [4.78, 5) is 29.2. The number of hydrogen-bond acceptors (Lipinski definition) is 4. The average Bonchev–Trinajstić information content (AvgIpc) is 2.72. The number of ketones is 1. The lowest BCUT2D eigenvalue weighted by atomic mass is 10.0. The predicted molar refractivity (Wildman–Crippen MR) is 105 cm³/mol. The molecule has 1 unspecified atom stereocenters. The second kappa shape index (κ2) is 8.82. The highest BCUT2D eigenvalue weighted by atomic mass is 16.5. The Bertz CT molecular complexity index is 791. The summed E-state index contributed by atoms with van der Waals surface area (Å²) < 4.78 is 5.16. The van der Waals surface area contributed by atoms with E-state index in [2.05, 4.69) is 24.1 Å². The fraction of sp³-hybridized carbons (Fsp3) is 0.364. The van der Waals surface area contributed by atoms with Gasteiger partial charge in [0.2, 0.25) is 5.91 Å². The second-order valence-corrected chi connectivity index (χ2v) is 6.90. The summed E-state index contributed by atoms with van der Waals surface area (Å²) in [6.45, 7) is 2.19. The molecule has 3 rings (SSSR count). The Morgan fingerprint density at radius 2 is 1.81 bits per heavy atom. The molecule has 1 saturated heterocycles. The van der Waals surface area contributed by atoms with Gasteiger partial charge in [0.1, 0.15) is 5.75 Å². The monoisotopic (exact) mass is 366 g/mol. The van der Waals surface area contributed by atoms with E-state index in [1.54, 1.807) is 31.4 Å². The Morgan fingerprint density at radius 3 is 2.56 bits per heavy atom. The summed E-state index contributed by atoms with van der Waals surface area (Å²) in [5.74, 6) is 0.660. The van der Waals surface area contributed by atoms with Crippen LogP contribution in [0.3, 0.4) is 0 Å². The molecule has 5 nitrogen and oxygen atoms in total. The van der Waals surface area contributed by atoms with Crippen molar-refractivity contribution in [1.29, 1.82) is 0 Å². The minimum Gasteiger partial charge on any atom is -0.497 e. The normalized spacial score (nSPS) is 17.6. The van der Waals surface area contributed by atoms with Gasteiger partial charge >= 0.3 is 0 Å². The van der Waals surface area contributed by atoms with Gasteiger partial charge in [-0.2, -0.15) is 0 Å². The van der Waals surface area contributed by atoms with Crippen molar-refractivity contribution < 1.29 is 14.3 Å². The number of rotatable bonds is 6. The number of nitrogens with zero attached hydrogens (tertiary/aromatic N) is 2. The third-order valence-corrected chi connectivity index (χ3v) is 5.14. The lowest BCUT2D eigenvalue weighted by Gasteiger charge is -2.39. The summed E-state index contributed by atoms with van der Waals surface area (Å²) in [6, 6.07) is 17.5. The van der Waals surface area contributed by atoms with Crippen LogP contribution in [0.4, 0.5) is 0 Å². The molecule has 0 saturated carbocycles. The molecule has 2 aromatic carbocycles. The molecule has 1 heterocycles. The number of hydrogen-bond donors (Lipinski definition) is 0. The van der Waals surface area contributed by atoms with Crippen molar-refractivity contribution >= 4 is 11.7 Å². The zero-order valence-corrected chi connectivity index (χ0v) is 15.9. The van der Waals surface area contributed by atoms with E-state index in [9.17, 15) is 9.59 Å². The molecule has 0 aromatic heterocycles. The third-order valence-electron chi connectivity index (χ3n) is 5.14. The Hall–Kier alpha value is -2.66. The van der Waals surface area contributed by atoms with Gasteiger partial charge in [-0.1, -0.05) is 42.5 Å². The molecule has 1 fully saturated rings. The minimum absolute atomic E-state index is 0.0315. The fourth-order valence-corrected chi connectivity index (χ4v) is 3.45. The van der Waals surface area contributed by atoms with Crippen LogP contribution in [0.5, 0.6) is 5.75 Å². The fourth-order valence-electron chi connectivity index (χ4n) is 3.45. The number of benzene rings is 2. The highest BCUT2D eigenvalue weighted by molar-refractivity contribution is 5.98. The van der Waals surface area contributed by atoms with E-state index in [4.69, 9.17) is 4.74 Å². The molecule has 5 heteroatoms. The third kappa shape index (κ3) is 4.74. The van der Waals surface area contributed by atoms with Gasteiger partial charge in [-0.25, -0.2) is 0 Å². The van der Waals surface area contributed by atoms with Crippen molar-refractivity contribution in [3.05, 3.63) is 65.7 Å². The van der Waals surface area contributed by atoms with Crippen LogP contribution in [0.1, 0.15) is 34.8 Å². The number of amides is 1. The largest absolute Gasteiger partial charge is 0.497 e. The zero-order valence-electron chi connectivity index (χ0n) is 15.9. The summed E-state index contributed by atoms with van der Waals surface area (Å²) in [5.41, 5.74) is 1.80. The van der Waals surface area contributed by atoms with Gasteiger partial charge in [0.05, 0.1) is 13.2 Å². The summed E-state index contributed by atoms with van der Waals surface area (Å²) >= 11 is 0. The van der Waals surface area contributed by atoms with Crippen LogP contribution in [-0.4, -0.2) is 55.3 Å². The van der Waals surface area contributed by atoms with Crippen LogP contribution in [-0.2, 0) is 4.79 Å². The van der Waals surface area contributed by atoms with Gasteiger partial charge in [-0.3, -0.25) is 14.5 Å². The summed E-state index contributed by atoms with van der Waals surface area (Å²) in [5, 5.41) is 0. The second-order valence-electron chi connectivity index (χ2n) is 6.90. The number of Topliss-reactive ketones (excluding diaryl/α,β-unsaturated/α-hetero) is 1. The number of carbonyl (C=O) groups excluding carboxylic acids is 2. The highest BCUT2D eigenvalue weighted by Crippen LogP contribution is 2.24. The van der Waals surface area contributed by atoms with Crippen molar-refractivity contribution in [3.63, 3.8) is 0 Å². The Labute approximate surface area is 160 Å². The summed E-state index contributed by atoms with van der Waals surface area (Å²) in [7, 11) is 3.66. The SMILES string of the molecule is COc1cccc(C(=O)CCC(=O)N2CCN(C)C(c3ccccc3)C2)c1. The lowest BCUT2D eigenvalue weighted by Crippen LogP contribution is -2.49. The van der Waals surface area contributed by atoms with E-state index in [-0.39, 0.29) is 30.6 Å². The molecule has 27 heavy (non-hydrogen) atoms. The van der Waals surface area contributed by atoms with Crippen LogP contribution in [0.2, 0.25) is 0 Å². The maximum Gasteiger partial charge on any atom is 0.223 e. The Balaban J connectivity index is 1.58. The minimum atomic E-state index is -0.0315. The molecule has 0 radical (unpaired) electrons. The van der Waals surface area contributed by atoms with Crippen molar-refractivity contribution in [2.75, 3.05) is 33.8 Å². The van der Waals surface area contributed by atoms with Gasteiger partial charge in [0, 0.05) is 38.0 Å². The molecule has 142 valence electrons. The van der Waals surface area contributed by atoms with Crippen molar-refractivity contribution in [3.8, 4) is 5.75 Å². The van der Waals surface area contributed by atoms with E-state index in [0.29, 0.717) is 24.4 Å². The number of ether oxygens (including phenoxy) is 1. The molecule has 1 amide bonds. The van der Waals surface area contributed by atoms with Gasteiger partial charge in [0.25, 0.3) is 0 Å². The molecule has 0 N–H and O–H groups in total. The molecule has 1 atom stereocenters. The van der Waals surface area contributed by atoms with Crippen molar-refractivity contribution in [2.24, 2.45) is 0 Å². The number of methoxy groups -OCH3 is 1. The van der Waals surface area contributed by atoms with Crippen molar-refractivity contribution in [2.45, 2.75) is 18.9 Å². The molecule has 1 aliphatic heterocycles.